The van der Waals surface area contributed by atoms with Crippen LogP contribution in [0.2, 0.25) is 0 Å². The van der Waals surface area contributed by atoms with Gasteiger partial charge in [0.25, 0.3) is 0 Å². The molecule has 0 spiro atoms. The molecule has 3 amide bonds. The second-order valence-corrected chi connectivity index (χ2v) is 6.09. The van der Waals surface area contributed by atoms with Crippen molar-refractivity contribution in [1.82, 2.24) is 10.6 Å². The van der Waals surface area contributed by atoms with E-state index in [1.165, 1.54) is 0 Å². The fourth-order valence-electron chi connectivity index (χ4n) is 2.02. The molecule has 2 rings (SSSR count). The first kappa shape index (κ1) is 16.7. The Morgan fingerprint density at radius 1 is 1.35 bits per heavy atom. The van der Waals surface area contributed by atoms with Gasteiger partial charge in [0, 0.05) is 24.3 Å². The molecule has 2 N–H and O–H groups in total. The van der Waals surface area contributed by atoms with Crippen molar-refractivity contribution in [2.75, 3.05) is 24.5 Å². The first-order valence-electron chi connectivity index (χ1n) is 7.46. The highest BCUT2D eigenvalue weighted by Gasteiger charge is 2.20. The smallest absolute Gasteiger partial charge is 0.408 e. The number of anilines is 1. The van der Waals surface area contributed by atoms with E-state index in [9.17, 15) is 9.59 Å². The molecule has 1 fully saturated rings. The van der Waals surface area contributed by atoms with Gasteiger partial charge in [0.15, 0.2) is 0 Å². The van der Waals surface area contributed by atoms with Gasteiger partial charge in [0.1, 0.15) is 5.60 Å². The van der Waals surface area contributed by atoms with Gasteiger partial charge in [-0.3, -0.25) is 4.90 Å². The molecule has 1 aromatic rings. The lowest BCUT2D eigenvalue weighted by Gasteiger charge is -2.19. The summed E-state index contributed by atoms with van der Waals surface area (Å²) in [5, 5.41) is 5.33. The Hall–Kier alpha value is -2.68. The number of urea groups is 1. The largest absolute Gasteiger partial charge is 0.444 e. The Labute approximate surface area is 136 Å². The minimum Gasteiger partial charge on any atom is -0.444 e. The minimum atomic E-state index is -0.519. The zero-order chi connectivity index (χ0) is 16.9. The van der Waals surface area contributed by atoms with E-state index in [4.69, 9.17) is 4.74 Å². The van der Waals surface area contributed by atoms with Gasteiger partial charge in [-0.25, -0.2) is 9.59 Å². The molecular formula is C17H21N3O3. The zero-order valence-electron chi connectivity index (χ0n) is 13.6. The number of amides is 3. The molecule has 122 valence electrons. The molecule has 6 heteroatoms. The van der Waals surface area contributed by atoms with Crippen LogP contribution in [0.3, 0.4) is 0 Å². The summed E-state index contributed by atoms with van der Waals surface area (Å²) in [7, 11) is 0. The molecule has 1 saturated heterocycles. The highest BCUT2D eigenvalue weighted by molar-refractivity contribution is 5.94. The van der Waals surface area contributed by atoms with Gasteiger partial charge < -0.3 is 15.4 Å². The summed E-state index contributed by atoms with van der Waals surface area (Å²) in [4.78, 5) is 24.7. The van der Waals surface area contributed by atoms with Crippen LogP contribution in [0.1, 0.15) is 26.3 Å². The number of rotatable bonds is 2. The summed E-state index contributed by atoms with van der Waals surface area (Å²) >= 11 is 0. The van der Waals surface area contributed by atoms with Crippen molar-refractivity contribution in [3.8, 4) is 11.8 Å². The van der Waals surface area contributed by atoms with Crippen LogP contribution in [-0.4, -0.2) is 37.4 Å². The molecule has 1 aliphatic rings. The standard InChI is InChI=1S/C17H21N3O3/c1-17(2,3)23-16(22)19-10-4-5-13-6-8-14(9-7-13)20-12-11-18-15(20)21/h6-9H,10-12H2,1-3H3,(H,18,21)(H,19,22). The second-order valence-electron chi connectivity index (χ2n) is 6.09. The van der Waals surface area contributed by atoms with Crippen LogP contribution in [0.4, 0.5) is 15.3 Å². The van der Waals surface area contributed by atoms with E-state index in [0.29, 0.717) is 13.1 Å². The van der Waals surface area contributed by atoms with Crippen molar-refractivity contribution < 1.29 is 14.3 Å². The Morgan fingerprint density at radius 2 is 2.04 bits per heavy atom. The maximum Gasteiger partial charge on any atom is 0.408 e. The van der Waals surface area contributed by atoms with Crippen LogP contribution in [-0.2, 0) is 4.74 Å². The van der Waals surface area contributed by atoms with Crippen LogP contribution in [0.25, 0.3) is 0 Å². The summed E-state index contributed by atoms with van der Waals surface area (Å²) < 4.78 is 5.11. The third kappa shape index (κ3) is 5.22. The van der Waals surface area contributed by atoms with E-state index in [1.807, 2.05) is 24.3 Å². The normalized spacial score (nSPS) is 13.9. The molecule has 6 nitrogen and oxygen atoms in total. The van der Waals surface area contributed by atoms with Crippen LogP contribution in [0, 0.1) is 11.8 Å². The number of benzene rings is 1. The number of nitrogens with zero attached hydrogens (tertiary/aromatic N) is 1. The van der Waals surface area contributed by atoms with Crippen molar-refractivity contribution in [3.05, 3.63) is 29.8 Å². The number of hydrogen-bond donors (Lipinski definition) is 2. The van der Waals surface area contributed by atoms with Crippen molar-refractivity contribution in [3.63, 3.8) is 0 Å². The lowest BCUT2D eigenvalue weighted by molar-refractivity contribution is 0.0535. The number of hydrogen-bond acceptors (Lipinski definition) is 3. The molecule has 0 atom stereocenters. The summed E-state index contributed by atoms with van der Waals surface area (Å²) in [5.41, 5.74) is 1.15. The van der Waals surface area contributed by atoms with E-state index in [1.54, 1.807) is 25.7 Å². The molecule has 0 aromatic heterocycles. The third-order valence-electron chi connectivity index (χ3n) is 2.99. The molecule has 0 bridgehead atoms. The lowest BCUT2D eigenvalue weighted by Crippen LogP contribution is -2.32. The predicted octanol–water partition coefficient (Wildman–Crippen LogP) is 2.09. The van der Waals surface area contributed by atoms with Crippen LogP contribution in [0.5, 0.6) is 0 Å². The Kier molecular flexibility index (Phi) is 5.12. The van der Waals surface area contributed by atoms with Crippen molar-refractivity contribution in [1.29, 1.82) is 0 Å². The number of carbonyl (C=O) groups is 2. The van der Waals surface area contributed by atoms with Gasteiger partial charge in [-0.05, 0) is 45.0 Å². The van der Waals surface area contributed by atoms with E-state index < -0.39 is 11.7 Å². The van der Waals surface area contributed by atoms with Gasteiger partial charge in [-0.1, -0.05) is 11.8 Å². The molecule has 0 aliphatic carbocycles. The van der Waals surface area contributed by atoms with Crippen LogP contribution < -0.4 is 15.5 Å². The fraction of sp³-hybridized carbons (Fsp3) is 0.412. The summed E-state index contributed by atoms with van der Waals surface area (Å²) in [6.07, 6.45) is -0.484. The third-order valence-corrected chi connectivity index (χ3v) is 2.99. The first-order chi connectivity index (χ1) is 10.8. The van der Waals surface area contributed by atoms with Gasteiger partial charge in [0.2, 0.25) is 0 Å². The minimum absolute atomic E-state index is 0.0783. The second kappa shape index (κ2) is 7.05. The van der Waals surface area contributed by atoms with Gasteiger partial charge in [-0.2, -0.15) is 0 Å². The molecular weight excluding hydrogens is 294 g/mol. The van der Waals surface area contributed by atoms with Crippen molar-refractivity contribution in [2.45, 2.75) is 26.4 Å². The van der Waals surface area contributed by atoms with Gasteiger partial charge in [-0.15, -0.1) is 0 Å². The quantitative estimate of drug-likeness (QED) is 0.821. The van der Waals surface area contributed by atoms with E-state index >= 15 is 0 Å². The topological polar surface area (TPSA) is 70.7 Å². The number of nitrogens with one attached hydrogen (secondary N) is 2. The molecule has 0 unspecified atom stereocenters. The Bertz CT molecular complexity index is 636. The SMILES string of the molecule is CC(C)(C)OC(=O)NCC#Cc1ccc(N2CCNC2=O)cc1. The molecule has 0 radical (unpaired) electrons. The van der Waals surface area contributed by atoms with Crippen LogP contribution >= 0.6 is 0 Å². The number of alkyl carbamates (subject to hydrolysis) is 1. The van der Waals surface area contributed by atoms with Gasteiger partial charge >= 0.3 is 12.1 Å². The molecule has 1 aliphatic heterocycles. The molecule has 1 heterocycles. The molecule has 0 saturated carbocycles. The van der Waals surface area contributed by atoms with Crippen LogP contribution in [0.15, 0.2) is 24.3 Å². The highest BCUT2D eigenvalue weighted by atomic mass is 16.6. The first-order valence-corrected chi connectivity index (χ1v) is 7.46. The summed E-state index contributed by atoms with van der Waals surface area (Å²) in [6, 6.07) is 7.33. The Morgan fingerprint density at radius 3 is 2.61 bits per heavy atom. The molecule has 1 aromatic carbocycles. The number of carbonyl (C=O) groups excluding carboxylic acids is 2. The summed E-state index contributed by atoms with van der Waals surface area (Å²) in [5.74, 6) is 5.81. The van der Waals surface area contributed by atoms with E-state index in [-0.39, 0.29) is 12.6 Å². The number of ether oxygens (including phenoxy) is 1. The maximum absolute atomic E-state index is 11.6. The zero-order valence-corrected chi connectivity index (χ0v) is 13.6. The maximum atomic E-state index is 11.6. The Balaban J connectivity index is 1.85. The predicted molar refractivity (Wildman–Crippen MR) is 88.3 cm³/mol. The summed E-state index contributed by atoms with van der Waals surface area (Å²) in [6.45, 7) is 6.97. The van der Waals surface area contributed by atoms with Crippen molar-refractivity contribution >= 4 is 17.8 Å². The average Bonchev–Trinajstić information content (AvgIpc) is 2.89. The van der Waals surface area contributed by atoms with Crippen molar-refractivity contribution in [2.24, 2.45) is 0 Å². The monoisotopic (exact) mass is 315 g/mol. The average molecular weight is 315 g/mol. The van der Waals surface area contributed by atoms with E-state index in [0.717, 1.165) is 11.3 Å². The molecule has 23 heavy (non-hydrogen) atoms. The van der Waals surface area contributed by atoms with Gasteiger partial charge in [0.05, 0.1) is 6.54 Å². The lowest BCUT2D eigenvalue weighted by atomic mass is 10.2. The highest BCUT2D eigenvalue weighted by Crippen LogP contribution is 2.16. The van der Waals surface area contributed by atoms with E-state index in [2.05, 4.69) is 22.5 Å². The fourth-order valence-corrected chi connectivity index (χ4v) is 2.02.